The van der Waals surface area contributed by atoms with Crippen molar-refractivity contribution in [3.8, 4) is 0 Å². The predicted octanol–water partition coefficient (Wildman–Crippen LogP) is 1.64. The molecule has 0 saturated carbocycles. The zero-order valence-corrected chi connectivity index (χ0v) is 11.7. The smallest absolute Gasteiger partial charge is 0.129 e. The highest BCUT2D eigenvalue weighted by Gasteiger charge is 2.18. The molecule has 0 aliphatic carbocycles. The second kappa shape index (κ2) is 5.63. The second-order valence-electron chi connectivity index (χ2n) is 4.74. The Morgan fingerprint density at radius 1 is 1.61 bits per heavy atom. The maximum Gasteiger partial charge on any atom is 0.129 e. The van der Waals surface area contributed by atoms with Crippen LogP contribution in [-0.2, 0) is 4.74 Å². The maximum atomic E-state index is 5.68. The van der Waals surface area contributed by atoms with Gasteiger partial charge in [0.15, 0.2) is 0 Å². The molecule has 1 aliphatic rings. The summed E-state index contributed by atoms with van der Waals surface area (Å²) in [5.74, 6) is 0.897. The minimum atomic E-state index is 0.311. The first-order valence-corrected chi connectivity index (χ1v) is 6.58. The van der Waals surface area contributed by atoms with Crippen molar-refractivity contribution in [1.82, 2.24) is 4.98 Å². The summed E-state index contributed by atoms with van der Waals surface area (Å²) in [6.45, 7) is 3.68. The van der Waals surface area contributed by atoms with Crippen LogP contribution in [0.3, 0.4) is 0 Å². The molecule has 1 unspecified atom stereocenters. The molecule has 98 valence electrons. The first kappa shape index (κ1) is 13.2. The first-order chi connectivity index (χ1) is 8.56. The molecule has 2 heterocycles. The van der Waals surface area contributed by atoms with Crippen molar-refractivity contribution in [3.05, 3.63) is 23.4 Å². The molecular formula is C13H19N3OS. The Morgan fingerprint density at radius 2 is 2.39 bits per heavy atom. The number of aromatic nitrogens is 1. The van der Waals surface area contributed by atoms with E-state index >= 15 is 0 Å². The highest BCUT2D eigenvalue weighted by molar-refractivity contribution is 7.80. The standard InChI is InChI=1S/C13H19N3OS/c1-9-6-10(13(14)18)7-12(15-9)16(2)8-11-4-3-5-17-11/h6-7,11H,3-5,8H2,1-2H3,(H2,14,18). The van der Waals surface area contributed by atoms with Crippen molar-refractivity contribution >= 4 is 23.0 Å². The molecule has 1 fully saturated rings. The molecule has 0 spiro atoms. The number of nitrogens with two attached hydrogens (primary N) is 1. The van der Waals surface area contributed by atoms with E-state index in [0.29, 0.717) is 11.1 Å². The number of thiocarbonyl (C=S) groups is 1. The highest BCUT2D eigenvalue weighted by atomic mass is 32.1. The van der Waals surface area contributed by atoms with E-state index in [4.69, 9.17) is 22.7 Å². The molecule has 1 aliphatic heterocycles. The van der Waals surface area contributed by atoms with E-state index in [0.717, 1.165) is 43.1 Å². The first-order valence-electron chi connectivity index (χ1n) is 6.17. The molecule has 0 radical (unpaired) electrons. The van der Waals surface area contributed by atoms with Crippen LogP contribution in [0.4, 0.5) is 5.82 Å². The van der Waals surface area contributed by atoms with E-state index in [1.165, 1.54) is 0 Å². The molecule has 18 heavy (non-hydrogen) atoms. The van der Waals surface area contributed by atoms with Gasteiger partial charge in [-0.3, -0.25) is 0 Å². The van der Waals surface area contributed by atoms with Gasteiger partial charge in [-0.05, 0) is 31.9 Å². The number of likely N-dealkylation sites (N-methyl/N-ethyl adjacent to an activating group) is 1. The van der Waals surface area contributed by atoms with Gasteiger partial charge in [0.25, 0.3) is 0 Å². The van der Waals surface area contributed by atoms with Crippen LogP contribution in [0.5, 0.6) is 0 Å². The van der Waals surface area contributed by atoms with Crippen molar-refractivity contribution in [2.24, 2.45) is 5.73 Å². The topological polar surface area (TPSA) is 51.4 Å². The number of rotatable bonds is 4. The van der Waals surface area contributed by atoms with Gasteiger partial charge >= 0.3 is 0 Å². The monoisotopic (exact) mass is 265 g/mol. The summed E-state index contributed by atoms with van der Waals surface area (Å²) in [5, 5.41) is 0. The van der Waals surface area contributed by atoms with Crippen molar-refractivity contribution < 1.29 is 4.74 Å². The van der Waals surface area contributed by atoms with Crippen LogP contribution in [0.1, 0.15) is 24.1 Å². The van der Waals surface area contributed by atoms with E-state index in [1.54, 1.807) is 0 Å². The number of hydrogen-bond donors (Lipinski definition) is 1. The van der Waals surface area contributed by atoms with Crippen molar-refractivity contribution in [3.63, 3.8) is 0 Å². The number of pyridine rings is 1. The second-order valence-corrected chi connectivity index (χ2v) is 5.18. The molecule has 1 saturated heterocycles. The Bertz CT molecular complexity index is 444. The minimum Gasteiger partial charge on any atom is -0.389 e. The number of nitrogens with zero attached hydrogens (tertiary/aromatic N) is 2. The molecule has 0 bridgehead atoms. The van der Waals surface area contributed by atoms with Gasteiger partial charge in [0.1, 0.15) is 10.8 Å². The van der Waals surface area contributed by atoms with Crippen LogP contribution in [0.25, 0.3) is 0 Å². The number of hydrogen-bond acceptors (Lipinski definition) is 4. The molecule has 1 atom stereocenters. The van der Waals surface area contributed by atoms with Crippen LogP contribution in [0.2, 0.25) is 0 Å². The molecule has 1 aromatic rings. The molecule has 2 N–H and O–H groups in total. The molecular weight excluding hydrogens is 246 g/mol. The van der Waals surface area contributed by atoms with Crippen molar-refractivity contribution in [2.75, 3.05) is 25.1 Å². The molecule has 0 aromatic carbocycles. The van der Waals surface area contributed by atoms with Crippen LogP contribution >= 0.6 is 12.2 Å². The van der Waals surface area contributed by atoms with E-state index in [-0.39, 0.29) is 0 Å². The normalized spacial score (nSPS) is 18.9. The minimum absolute atomic E-state index is 0.311. The lowest BCUT2D eigenvalue weighted by Gasteiger charge is -2.22. The molecule has 4 nitrogen and oxygen atoms in total. The Balaban J connectivity index is 2.13. The Kier molecular flexibility index (Phi) is 4.14. The van der Waals surface area contributed by atoms with Gasteiger partial charge in [0, 0.05) is 31.5 Å². The number of anilines is 1. The van der Waals surface area contributed by atoms with E-state index in [2.05, 4.69) is 9.88 Å². The lowest BCUT2D eigenvalue weighted by atomic mass is 10.2. The summed E-state index contributed by atoms with van der Waals surface area (Å²) >= 11 is 5.02. The Hall–Kier alpha value is -1.20. The summed E-state index contributed by atoms with van der Waals surface area (Å²) in [6.07, 6.45) is 2.58. The van der Waals surface area contributed by atoms with E-state index in [1.807, 2.05) is 26.1 Å². The van der Waals surface area contributed by atoms with Gasteiger partial charge in [-0.15, -0.1) is 0 Å². The Labute approximate surface area is 113 Å². The lowest BCUT2D eigenvalue weighted by Crippen LogP contribution is -2.29. The molecule has 2 rings (SSSR count). The molecule has 0 amide bonds. The average molecular weight is 265 g/mol. The summed E-state index contributed by atoms with van der Waals surface area (Å²) in [6, 6.07) is 3.84. The summed E-state index contributed by atoms with van der Waals surface area (Å²) in [5.41, 5.74) is 7.47. The fourth-order valence-corrected chi connectivity index (χ4v) is 2.29. The summed E-state index contributed by atoms with van der Waals surface area (Å²) < 4.78 is 5.63. The lowest BCUT2D eigenvalue weighted by molar-refractivity contribution is 0.116. The van der Waals surface area contributed by atoms with Crippen LogP contribution in [-0.4, -0.2) is 36.3 Å². The zero-order valence-electron chi connectivity index (χ0n) is 10.8. The van der Waals surface area contributed by atoms with Crippen LogP contribution in [0.15, 0.2) is 12.1 Å². The zero-order chi connectivity index (χ0) is 13.1. The molecule has 1 aromatic heterocycles. The third-order valence-electron chi connectivity index (χ3n) is 3.12. The van der Waals surface area contributed by atoms with Gasteiger partial charge in [-0.25, -0.2) is 4.98 Å². The van der Waals surface area contributed by atoms with Gasteiger partial charge in [0.2, 0.25) is 0 Å². The fraction of sp³-hybridized carbons (Fsp3) is 0.538. The fourth-order valence-electron chi connectivity index (χ4n) is 2.18. The molecule has 5 heteroatoms. The maximum absolute atomic E-state index is 5.68. The highest BCUT2D eigenvalue weighted by Crippen LogP contribution is 2.18. The van der Waals surface area contributed by atoms with Gasteiger partial charge < -0.3 is 15.4 Å². The van der Waals surface area contributed by atoms with E-state index in [9.17, 15) is 0 Å². The predicted molar refractivity (Wildman–Crippen MR) is 77.1 cm³/mol. The Morgan fingerprint density at radius 3 is 3.00 bits per heavy atom. The van der Waals surface area contributed by atoms with Gasteiger partial charge in [0.05, 0.1) is 6.10 Å². The van der Waals surface area contributed by atoms with Gasteiger partial charge in [-0.1, -0.05) is 12.2 Å². The third-order valence-corrected chi connectivity index (χ3v) is 3.35. The third kappa shape index (κ3) is 3.17. The van der Waals surface area contributed by atoms with Crippen LogP contribution in [0, 0.1) is 6.92 Å². The van der Waals surface area contributed by atoms with Crippen molar-refractivity contribution in [1.29, 1.82) is 0 Å². The summed E-state index contributed by atoms with van der Waals surface area (Å²) in [7, 11) is 2.02. The quantitative estimate of drug-likeness (QED) is 0.839. The van der Waals surface area contributed by atoms with E-state index < -0.39 is 0 Å². The summed E-state index contributed by atoms with van der Waals surface area (Å²) in [4.78, 5) is 7.02. The SMILES string of the molecule is Cc1cc(C(N)=S)cc(N(C)CC2CCCO2)n1. The van der Waals surface area contributed by atoms with Crippen LogP contribution < -0.4 is 10.6 Å². The number of ether oxygens (including phenoxy) is 1. The van der Waals surface area contributed by atoms with Crippen molar-refractivity contribution in [2.45, 2.75) is 25.9 Å². The van der Waals surface area contributed by atoms with Gasteiger partial charge in [-0.2, -0.15) is 0 Å². The number of aryl methyl sites for hydroxylation is 1. The average Bonchev–Trinajstić information content (AvgIpc) is 2.80. The largest absolute Gasteiger partial charge is 0.389 e.